The van der Waals surface area contributed by atoms with Crippen LogP contribution in [0.3, 0.4) is 0 Å². The molecule has 8 aliphatic rings. The number of aliphatic hydroxyl groups excluding tert-OH is 1. The van der Waals surface area contributed by atoms with Gasteiger partial charge in [0.05, 0.1) is 18.2 Å². The van der Waals surface area contributed by atoms with Crippen LogP contribution in [0.25, 0.3) is 0 Å². The molecule has 53 heavy (non-hydrogen) atoms. The Kier molecular flexibility index (Phi) is 9.95. The molecule has 7 heteroatoms. The molecule has 1 heterocycles. The normalized spacial score (nSPS) is 43.5. The molecule has 0 saturated heterocycles. The lowest BCUT2D eigenvalue weighted by molar-refractivity contribution is -0.179. The van der Waals surface area contributed by atoms with E-state index in [1.54, 1.807) is 11.3 Å². The van der Waals surface area contributed by atoms with Gasteiger partial charge in [-0.2, -0.15) is 0 Å². The number of rotatable bonds is 9. The standard InChI is InChI=1S/C46H67NO5S/c1-30(2)35-14-13-31(3)26-37(35)52-41(50)47(24-18-34-12-9-25-53-34)29-45(51)21-17-39-43(45,5)20-16-38-42(4)19-15-33(48)27-44(42)22-23-46(38,39)36(28-44)40(49)32-10-7-6-8-11-32/h9,12,22-23,25,28,30-33,35,37-39,48,51H,6-8,10-11,13-21,24,26-27,29H2,1-5H3. The van der Waals surface area contributed by atoms with Crippen LogP contribution in [-0.4, -0.2) is 57.9 Å². The summed E-state index contributed by atoms with van der Waals surface area (Å²) in [5, 5.41) is 26.4. The summed E-state index contributed by atoms with van der Waals surface area (Å²) >= 11 is 1.72. The fourth-order valence-corrected chi connectivity index (χ4v) is 14.6. The van der Waals surface area contributed by atoms with Crippen LogP contribution in [0.15, 0.2) is 41.3 Å². The Labute approximate surface area is 323 Å². The minimum Gasteiger partial charge on any atom is -0.446 e. The van der Waals surface area contributed by atoms with Crippen molar-refractivity contribution < 1.29 is 24.5 Å². The predicted molar refractivity (Wildman–Crippen MR) is 211 cm³/mol. The largest absolute Gasteiger partial charge is 0.446 e. The lowest BCUT2D eigenvalue weighted by Gasteiger charge is -2.71. The minimum absolute atomic E-state index is 0.0417. The first-order valence-corrected chi connectivity index (χ1v) is 22.5. The number of hydrogen-bond acceptors (Lipinski definition) is 6. The average Bonchev–Trinajstić information content (AvgIpc) is 3.75. The number of carbonyl (C=O) groups is 2. The highest BCUT2D eigenvalue weighted by molar-refractivity contribution is 7.09. The molecule has 2 bridgehead atoms. The molecular weight excluding hydrogens is 679 g/mol. The lowest BCUT2D eigenvalue weighted by atomic mass is 9.32. The summed E-state index contributed by atoms with van der Waals surface area (Å²) in [4.78, 5) is 32.5. The number of allylic oxidation sites excluding steroid dienone is 4. The van der Waals surface area contributed by atoms with Gasteiger partial charge in [-0.25, -0.2) is 4.79 Å². The van der Waals surface area contributed by atoms with E-state index in [4.69, 9.17) is 4.74 Å². The van der Waals surface area contributed by atoms with E-state index in [0.29, 0.717) is 48.8 Å². The van der Waals surface area contributed by atoms with Crippen molar-refractivity contribution in [3.05, 3.63) is 46.2 Å². The molecular formula is C46H67NO5S. The SMILES string of the molecule is CC1CCC(C(C)C)C(OC(=O)N(CCc2cccs2)CC2(O)CCC3C45C=CC6(C=C4C(=O)C4CCCCC4)CC(O)CCC6(C)C5CCC32C)C1. The van der Waals surface area contributed by atoms with Gasteiger partial charge < -0.3 is 19.8 Å². The Bertz CT molecular complexity index is 1600. The highest BCUT2D eigenvalue weighted by Gasteiger charge is 2.74. The van der Waals surface area contributed by atoms with Crippen LogP contribution in [0.2, 0.25) is 0 Å². The zero-order valence-corrected chi connectivity index (χ0v) is 34.1. The first kappa shape index (κ1) is 37.9. The third-order valence-electron chi connectivity index (χ3n) is 17.1. The number of ketones is 1. The maximum atomic E-state index is 15.0. The summed E-state index contributed by atoms with van der Waals surface area (Å²) in [5.74, 6) is 2.13. The van der Waals surface area contributed by atoms with Crippen LogP contribution in [0.4, 0.5) is 4.79 Å². The molecule has 292 valence electrons. The summed E-state index contributed by atoms with van der Waals surface area (Å²) in [6, 6.07) is 4.20. The van der Waals surface area contributed by atoms with Crippen LogP contribution in [0, 0.1) is 57.2 Å². The molecule has 2 spiro atoms. The topological polar surface area (TPSA) is 87.1 Å². The molecule has 6 nitrogen and oxygen atoms in total. The summed E-state index contributed by atoms with van der Waals surface area (Å²) < 4.78 is 6.52. The summed E-state index contributed by atoms with van der Waals surface area (Å²) in [7, 11) is 0. The monoisotopic (exact) mass is 745 g/mol. The van der Waals surface area contributed by atoms with E-state index in [1.165, 1.54) is 17.7 Å². The Morgan fingerprint density at radius 2 is 1.70 bits per heavy atom. The number of carbonyl (C=O) groups excluding carboxylic acids is 2. The van der Waals surface area contributed by atoms with Crippen molar-refractivity contribution in [3.63, 3.8) is 0 Å². The number of amides is 1. The van der Waals surface area contributed by atoms with Gasteiger partial charge in [-0.1, -0.05) is 84.6 Å². The Morgan fingerprint density at radius 3 is 2.43 bits per heavy atom. The van der Waals surface area contributed by atoms with Gasteiger partial charge in [-0.15, -0.1) is 11.3 Å². The van der Waals surface area contributed by atoms with Gasteiger partial charge in [0.1, 0.15) is 6.10 Å². The number of ether oxygens (including phenoxy) is 1. The van der Waals surface area contributed by atoms with Gasteiger partial charge in [-0.05, 0) is 124 Å². The van der Waals surface area contributed by atoms with Crippen molar-refractivity contribution >= 4 is 23.2 Å². The van der Waals surface area contributed by atoms with Crippen molar-refractivity contribution in [2.24, 2.45) is 57.2 Å². The Balaban J connectivity index is 1.13. The molecule has 1 amide bonds. The molecule has 8 aliphatic carbocycles. The first-order chi connectivity index (χ1) is 25.3. The van der Waals surface area contributed by atoms with Crippen molar-refractivity contribution in [1.29, 1.82) is 0 Å². The predicted octanol–water partition coefficient (Wildman–Crippen LogP) is 9.93. The molecule has 5 fully saturated rings. The fraction of sp³-hybridized carbons (Fsp3) is 0.783. The van der Waals surface area contributed by atoms with Gasteiger partial charge in [0, 0.05) is 39.2 Å². The number of Topliss-reactive ketones (excluding diaryl/α,β-unsaturated/α-hetero) is 1. The second kappa shape index (κ2) is 13.9. The second-order valence-electron chi connectivity index (χ2n) is 20.0. The number of thiophene rings is 1. The van der Waals surface area contributed by atoms with Crippen molar-refractivity contribution in [3.8, 4) is 0 Å². The number of hydrogen-bond donors (Lipinski definition) is 2. The molecule has 9 rings (SSSR count). The molecule has 11 unspecified atom stereocenters. The summed E-state index contributed by atoms with van der Waals surface area (Å²) in [6.07, 6.45) is 21.5. The third-order valence-corrected chi connectivity index (χ3v) is 18.0. The van der Waals surface area contributed by atoms with Crippen LogP contribution in [0.1, 0.15) is 136 Å². The molecule has 11 atom stereocenters. The Hall–Kier alpha value is -1.96. The van der Waals surface area contributed by atoms with E-state index in [9.17, 15) is 19.8 Å². The summed E-state index contributed by atoms with van der Waals surface area (Å²) in [6.45, 7) is 12.3. The van der Waals surface area contributed by atoms with Crippen LogP contribution < -0.4 is 0 Å². The van der Waals surface area contributed by atoms with Gasteiger partial charge in [0.25, 0.3) is 0 Å². The van der Waals surface area contributed by atoms with Gasteiger partial charge in [0.2, 0.25) is 0 Å². The van der Waals surface area contributed by atoms with E-state index >= 15 is 0 Å². The van der Waals surface area contributed by atoms with E-state index in [2.05, 4.69) is 70.4 Å². The quantitative estimate of drug-likeness (QED) is 0.246. The molecule has 1 aromatic heterocycles. The average molecular weight is 746 g/mol. The van der Waals surface area contributed by atoms with E-state index < -0.39 is 16.4 Å². The van der Waals surface area contributed by atoms with E-state index in [0.717, 1.165) is 82.6 Å². The van der Waals surface area contributed by atoms with Gasteiger partial charge in [-0.3, -0.25) is 4.79 Å². The third kappa shape index (κ3) is 5.97. The lowest BCUT2D eigenvalue weighted by Crippen LogP contribution is -2.67. The number of nitrogens with zero attached hydrogens (tertiary/aromatic N) is 1. The smallest absolute Gasteiger partial charge is 0.410 e. The fourth-order valence-electron chi connectivity index (χ4n) is 13.9. The van der Waals surface area contributed by atoms with Crippen LogP contribution in [0.5, 0.6) is 0 Å². The van der Waals surface area contributed by atoms with Gasteiger partial charge in [0.15, 0.2) is 5.78 Å². The highest BCUT2D eigenvalue weighted by atomic mass is 32.1. The van der Waals surface area contributed by atoms with Crippen molar-refractivity contribution in [1.82, 2.24) is 4.90 Å². The molecule has 0 aromatic carbocycles. The minimum atomic E-state index is -1.11. The molecule has 1 aromatic rings. The highest BCUT2D eigenvalue weighted by Crippen LogP contribution is 2.78. The Morgan fingerprint density at radius 1 is 0.962 bits per heavy atom. The van der Waals surface area contributed by atoms with Crippen LogP contribution in [-0.2, 0) is 16.0 Å². The van der Waals surface area contributed by atoms with Crippen LogP contribution >= 0.6 is 11.3 Å². The molecule has 0 radical (unpaired) electrons. The zero-order chi connectivity index (χ0) is 37.4. The van der Waals surface area contributed by atoms with Crippen molar-refractivity contribution in [2.45, 2.75) is 155 Å². The zero-order valence-electron chi connectivity index (χ0n) is 33.3. The second-order valence-corrected chi connectivity index (χ2v) is 21.0. The molecule has 5 saturated carbocycles. The maximum absolute atomic E-state index is 15.0. The maximum Gasteiger partial charge on any atom is 0.410 e. The first-order valence-electron chi connectivity index (χ1n) is 21.6. The molecule has 2 N–H and O–H groups in total. The van der Waals surface area contributed by atoms with E-state index in [-0.39, 0.29) is 47.5 Å². The van der Waals surface area contributed by atoms with E-state index in [1.807, 2.05) is 4.90 Å². The van der Waals surface area contributed by atoms with Gasteiger partial charge >= 0.3 is 6.09 Å². The number of aliphatic hydroxyl groups is 2. The summed E-state index contributed by atoms with van der Waals surface area (Å²) in [5.41, 5.74) is -1.35. The number of fused-ring (bicyclic) bond motifs is 1. The van der Waals surface area contributed by atoms with Crippen molar-refractivity contribution in [2.75, 3.05) is 13.1 Å². The molecule has 0 aliphatic heterocycles.